The van der Waals surface area contributed by atoms with Gasteiger partial charge in [0, 0.05) is 11.9 Å². The van der Waals surface area contributed by atoms with E-state index in [1.165, 1.54) is 5.56 Å². The van der Waals surface area contributed by atoms with Crippen molar-refractivity contribution in [1.82, 2.24) is 9.47 Å². The summed E-state index contributed by atoms with van der Waals surface area (Å²) in [6.07, 6.45) is 0. The lowest BCUT2D eigenvalue weighted by molar-refractivity contribution is 0.249. The van der Waals surface area contributed by atoms with Gasteiger partial charge in [-0.15, -0.1) is 10.2 Å². The van der Waals surface area contributed by atoms with Gasteiger partial charge in [0.25, 0.3) is 0 Å². The maximum Gasteiger partial charge on any atom is 0.221 e. The van der Waals surface area contributed by atoms with Crippen LogP contribution in [0.1, 0.15) is 5.56 Å². The number of para-hydroxylation sites is 1. The van der Waals surface area contributed by atoms with Crippen molar-refractivity contribution in [3.05, 3.63) is 60.2 Å². The average molecular weight is 353 g/mol. The minimum absolute atomic E-state index is 0.0427. The lowest BCUT2D eigenvalue weighted by atomic mass is 10.2. The highest BCUT2D eigenvalue weighted by atomic mass is 32.1. The Labute approximate surface area is 151 Å². The minimum Gasteiger partial charge on any atom is -0.493 e. The zero-order valence-electron chi connectivity index (χ0n) is 13.8. The molecule has 128 valence electrons. The van der Waals surface area contributed by atoms with Gasteiger partial charge in [0.05, 0.1) is 12.2 Å². The summed E-state index contributed by atoms with van der Waals surface area (Å²) in [5, 5.41) is 19.1. The fourth-order valence-corrected chi connectivity index (χ4v) is 2.84. The molecule has 1 heterocycles. The molecule has 3 rings (SSSR count). The van der Waals surface area contributed by atoms with Crippen LogP contribution in [0.15, 0.2) is 64.8 Å². The van der Waals surface area contributed by atoms with Gasteiger partial charge in [0.15, 0.2) is 5.69 Å². The molecule has 0 aliphatic heterocycles. The van der Waals surface area contributed by atoms with Gasteiger partial charge in [-0.1, -0.05) is 48.5 Å². The van der Waals surface area contributed by atoms with Gasteiger partial charge in [-0.3, -0.25) is 9.47 Å². The van der Waals surface area contributed by atoms with E-state index in [9.17, 15) is 5.11 Å². The number of fused-ring (bicyclic) bond motifs is 1. The topological polar surface area (TPSA) is 79.1 Å². The van der Waals surface area contributed by atoms with Crippen molar-refractivity contribution in [3.63, 3.8) is 0 Å². The Morgan fingerprint density at radius 3 is 2.56 bits per heavy atom. The number of thiocarbonyl (C=S) groups is 1. The maximum atomic E-state index is 10.6. The van der Waals surface area contributed by atoms with Crippen LogP contribution in [0.25, 0.3) is 10.9 Å². The van der Waals surface area contributed by atoms with E-state index in [1.54, 1.807) is 4.57 Å². The zero-order chi connectivity index (χ0) is 17.8. The maximum absolute atomic E-state index is 10.6. The summed E-state index contributed by atoms with van der Waals surface area (Å²) in [5.41, 5.74) is 7.83. The fourth-order valence-electron chi connectivity index (χ4n) is 2.80. The van der Waals surface area contributed by atoms with Gasteiger partial charge in [-0.05, 0) is 30.9 Å². The summed E-state index contributed by atoms with van der Waals surface area (Å²) in [6, 6.07) is 17.8. The number of aromatic hydroxyl groups is 1. The quantitative estimate of drug-likeness (QED) is 0.541. The second-order valence-corrected chi connectivity index (χ2v) is 6.22. The molecule has 0 saturated heterocycles. The molecule has 6 nitrogen and oxygen atoms in total. The van der Waals surface area contributed by atoms with Gasteiger partial charge in [-0.25, -0.2) is 0 Å². The van der Waals surface area contributed by atoms with Crippen LogP contribution >= 0.6 is 12.2 Å². The predicted octanol–water partition coefficient (Wildman–Crippen LogP) is 3.76. The van der Waals surface area contributed by atoms with Crippen LogP contribution in [0.4, 0.5) is 5.69 Å². The van der Waals surface area contributed by atoms with Crippen LogP contribution in [0.5, 0.6) is 5.88 Å². The van der Waals surface area contributed by atoms with Crippen molar-refractivity contribution < 1.29 is 5.11 Å². The first-order valence-electron chi connectivity index (χ1n) is 7.80. The minimum atomic E-state index is -0.0718. The third-order valence-electron chi connectivity index (χ3n) is 3.84. The molecule has 2 aromatic carbocycles. The Balaban J connectivity index is 1.93. The van der Waals surface area contributed by atoms with E-state index >= 15 is 0 Å². The van der Waals surface area contributed by atoms with Crippen LogP contribution in [0.2, 0.25) is 0 Å². The summed E-state index contributed by atoms with van der Waals surface area (Å²) in [4.78, 5) is 2.11. The molecule has 0 atom stereocenters. The zero-order valence-corrected chi connectivity index (χ0v) is 14.6. The van der Waals surface area contributed by atoms with Crippen LogP contribution < -0.4 is 5.73 Å². The molecule has 0 fully saturated rings. The standard InChI is InChI=1S/C18H19N5OS/c1-22(11-13-7-3-2-4-8-13)12-23-15-10-6-5-9-14(15)16(17(23)24)20-21-18(19)25/h2-10,24H,11-12H2,1H3,(H2,19,25). The molecule has 7 heteroatoms. The van der Waals surface area contributed by atoms with Gasteiger partial charge in [0.1, 0.15) is 0 Å². The molecular weight excluding hydrogens is 334 g/mol. The van der Waals surface area contributed by atoms with Gasteiger partial charge in [-0.2, -0.15) is 0 Å². The van der Waals surface area contributed by atoms with Crippen molar-refractivity contribution >= 4 is 33.9 Å². The molecular formula is C18H19N5OS. The summed E-state index contributed by atoms with van der Waals surface area (Å²) in [7, 11) is 2.00. The molecule has 0 bridgehead atoms. The third kappa shape index (κ3) is 3.84. The molecule has 3 N–H and O–H groups in total. The van der Waals surface area contributed by atoms with Gasteiger partial charge >= 0.3 is 0 Å². The molecule has 0 unspecified atom stereocenters. The lowest BCUT2D eigenvalue weighted by Crippen LogP contribution is -2.21. The predicted molar refractivity (Wildman–Crippen MR) is 103 cm³/mol. The highest BCUT2D eigenvalue weighted by Crippen LogP contribution is 2.38. The van der Waals surface area contributed by atoms with Crippen LogP contribution in [0.3, 0.4) is 0 Å². The second kappa shape index (κ2) is 7.42. The van der Waals surface area contributed by atoms with E-state index in [0.717, 1.165) is 17.4 Å². The normalized spacial score (nSPS) is 11.6. The Bertz CT molecular complexity index is 920. The fraction of sp³-hybridized carbons (Fsp3) is 0.167. The molecule has 0 aliphatic carbocycles. The van der Waals surface area contributed by atoms with E-state index < -0.39 is 0 Å². The molecule has 0 amide bonds. The van der Waals surface area contributed by atoms with Gasteiger partial charge < -0.3 is 10.8 Å². The lowest BCUT2D eigenvalue weighted by Gasteiger charge is -2.19. The molecule has 0 radical (unpaired) electrons. The van der Waals surface area contributed by atoms with Crippen molar-refractivity contribution in [3.8, 4) is 5.88 Å². The first kappa shape index (κ1) is 17.1. The number of hydrogen-bond donors (Lipinski definition) is 2. The number of benzene rings is 2. The molecule has 0 spiro atoms. The number of azo groups is 1. The Morgan fingerprint density at radius 2 is 1.84 bits per heavy atom. The van der Waals surface area contributed by atoms with Crippen molar-refractivity contribution in [2.24, 2.45) is 16.0 Å². The summed E-state index contributed by atoms with van der Waals surface area (Å²) >= 11 is 4.73. The SMILES string of the molecule is CN(Cc1ccccc1)Cn1c(O)c(N=NC(N)=S)c2ccccc21. The smallest absolute Gasteiger partial charge is 0.221 e. The Kier molecular flexibility index (Phi) is 5.06. The molecule has 0 aliphatic rings. The van der Waals surface area contributed by atoms with E-state index in [-0.39, 0.29) is 11.0 Å². The summed E-state index contributed by atoms with van der Waals surface area (Å²) < 4.78 is 1.80. The number of nitrogens with two attached hydrogens (primary N) is 1. The van der Waals surface area contributed by atoms with E-state index in [2.05, 4.69) is 27.3 Å². The van der Waals surface area contributed by atoms with Crippen molar-refractivity contribution in [1.29, 1.82) is 0 Å². The highest BCUT2D eigenvalue weighted by Gasteiger charge is 2.17. The molecule has 0 saturated carbocycles. The molecule has 25 heavy (non-hydrogen) atoms. The molecule has 3 aromatic rings. The van der Waals surface area contributed by atoms with Crippen LogP contribution in [-0.4, -0.2) is 26.7 Å². The largest absolute Gasteiger partial charge is 0.493 e. The number of hydrogen-bond acceptors (Lipinski definition) is 4. The first-order valence-corrected chi connectivity index (χ1v) is 8.21. The first-order chi connectivity index (χ1) is 12.1. The van der Waals surface area contributed by atoms with Crippen LogP contribution in [0, 0.1) is 0 Å². The van der Waals surface area contributed by atoms with E-state index in [1.807, 2.05) is 49.5 Å². The van der Waals surface area contributed by atoms with Gasteiger partial charge in [0.2, 0.25) is 11.0 Å². The molecule has 1 aromatic heterocycles. The summed E-state index contributed by atoms with van der Waals surface area (Å²) in [5.74, 6) is 0.0427. The highest BCUT2D eigenvalue weighted by molar-refractivity contribution is 7.80. The second-order valence-electron chi connectivity index (χ2n) is 5.80. The number of aromatic nitrogens is 1. The Morgan fingerprint density at radius 1 is 1.16 bits per heavy atom. The average Bonchev–Trinajstić information content (AvgIpc) is 2.86. The van der Waals surface area contributed by atoms with E-state index in [4.69, 9.17) is 18.0 Å². The number of nitrogens with zero attached hydrogens (tertiary/aromatic N) is 4. The monoisotopic (exact) mass is 353 g/mol. The number of rotatable bonds is 5. The van der Waals surface area contributed by atoms with Crippen LogP contribution in [-0.2, 0) is 13.2 Å². The van der Waals surface area contributed by atoms with E-state index in [0.29, 0.717) is 12.4 Å². The van der Waals surface area contributed by atoms with Crippen molar-refractivity contribution in [2.45, 2.75) is 13.2 Å². The van der Waals surface area contributed by atoms with Crippen molar-refractivity contribution in [2.75, 3.05) is 7.05 Å². The third-order valence-corrected chi connectivity index (χ3v) is 3.93. The Hall–Kier alpha value is -2.77. The summed E-state index contributed by atoms with van der Waals surface area (Å²) in [6.45, 7) is 1.26.